The molecule has 2 amide bonds. The lowest BCUT2D eigenvalue weighted by Crippen LogP contribution is -2.44. The molecule has 1 N–H and O–H groups in total. The van der Waals surface area contributed by atoms with Crippen LogP contribution in [0.25, 0.3) is 0 Å². The van der Waals surface area contributed by atoms with Gasteiger partial charge in [-0.05, 0) is 22.8 Å². The summed E-state index contributed by atoms with van der Waals surface area (Å²) in [7, 11) is 1.75. The first-order valence-electron chi connectivity index (χ1n) is 10.7. The van der Waals surface area contributed by atoms with E-state index in [4.69, 9.17) is 0 Å². The van der Waals surface area contributed by atoms with Crippen LogP contribution in [0.1, 0.15) is 44.0 Å². The van der Waals surface area contributed by atoms with Gasteiger partial charge in [0.25, 0.3) is 5.91 Å². The molecule has 164 valence electrons. The Bertz CT molecular complexity index is 1290. The number of rotatable bonds is 5. The summed E-state index contributed by atoms with van der Waals surface area (Å²) in [6.07, 6.45) is 0.657. The highest BCUT2D eigenvalue weighted by Gasteiger charge is 2.42. The summed E-state index contributed by atoms with van der Waals surface area (Å²) >= 11 is 1.37. The lowest BCUT2D eigenvalue weighted by Gasteiger charge is -2.39. The highest BCUT2D eigenvalue weighted by Crippen LogP contribution is 2.42. The minimum atomic E-state index is -0.576. The van der Waals surface area contributed by atoms with Gasteiger partial charge in [0.05, 0.1) is 12.0 Å². The van der Waals surface area contributed by atoms with Crippen molar-refractivity contribution < 1.29 is 9.59 Å². The lowest BCUT2D eigenvalue weighted by molar-refractivity contribution is -0.119. The Morgan fingerprint density at radius 3 is 2.36 bits per heavy atom. The molecule has 0 fully saturated rings. The topological polar surface area (TPSA) is 75.2 Å². The summed E-state index contributed by atoms with van der Waals surface area (Å²) in [5, 5.41) is 12.7. The quantitative estimate of drug-likeness (QED) is 0.475. The predicted molar refractivity (Wildman–Crippen MR) is 128 cm³/mol. The van der Waals surface area contributed by atoms with Gasteiger partial charge >= 0.3 is 0 Å². The Morgan fingerprint density at radius 2 is 1.61 bits per heavy atom. The molecule has 6 nitrogen and oxygen atoms in total. The zero-order valence-corrected chi connectivity index (χ0v) is 18.8. The number of hydrogen-bond acceptors (Lipinski definition) is 5. The molecule has 3 aromatic carbocycles. The van der Waals surface area contributed by atoms with Crippen LogP contribution in [-0.2, 0) is 11.2 Å². The van der Waals surface area contributed by atoms with Gasteiger partial charge in [-0.3, -0.25) is 14.9 Å². The fraction of sp³-hybridized carbons (Fsp3) is 0.154. The van der Waals surface area contributed by atoms with Crippen molar-refractivity contribution in [3.63, 3.8) is 0 Å². The molecule has 7 heteroatoms. The highest BCUT2D eigenvalue weighted by molar-refractivity contribution is 7.15. The van der Waals surface area contributed by atoms with Gasteiger partial charge in [-0.1, -0.05) is 90.2 Å². The molecule has 0 bridgehead atoms. The Morgan fingerprint density at radius 1 is 0.939 bits per heavy atom. The number of nitrogens with zero attached hydrogens (tertiary/aromatic N) is 3. The second-order valence-corrected chi connectivity index (χ2v) is 9.05. The van der Waals surface area contributed by atoms with Crippen molar-refractivity contribution in [2.24, 2.45) is 0 Å². The molecule has 0 radical (unpaired) electrons. The standard InChI is InChI=1S/C26H22N4O2S/c1-30-23(18-12-6-3-7-13-18)22(19-14-8-9-15-20(19)25(30)32)24(31)27-26-29-28-21(33-26)16-17-10-4-2-5-11-17/h2-15,22-23H,16H2,1H3,(H,27,29,31)/t22-,23-/m0/s1. The zero-order chi connectivity index (χ0) is 22.8. The number of benzene rings is 3. The van der Waals surface area contributed by atoms with E-state index in [-0.39, 0.29) is 11.8 Å². The fourth-order valence-corrected chi connectivity index (χ4v) is 5.13. The highest BCUT2D eigenvalue weighted by atomic mass is 32.1. The monoisotopic (exact) mass is 454 g/mol. The number of hydrogen-bond donors (Lipinski definition) is 1. The van der Waals surface area contributed by atoms with Crippen molar-refractivity contribution in [3.05, 3.63) is 112 Å². The molecule has 1 aromatic heterocycles. The van der Waals surface area contributed by atoms with Crippen molar-refractivity contribution in [2.75, 3.05) is 12.4 Å². The first kappa shape index (κ1) is 21.0. The average molecular weight is 455 g/mol. The number of likely N-dealkylation sites (N-methyl/N-ethyl adjacent to an activating group) is 1. The van der Waals surface area contributed by atoms with Crippen LogP contribution in [0.15, 0.2) is 84.9 Å². The number of aromatic nitrogens is 2. The first-order valence-corrected chi connectivity index (χ1v) is 11.5. The molecule has 5 rings (SSSR count). The van der Waals surface area contributed by atoms with Crippen LogP contribution in [0, 0.1) is 0 Å². The van der Waals surface area contributed by atoms with E-state index in [0.717, 1.165) is 21.7 Å². The smallest absolute Gasteiger partial charge is 0.254 e. The Kier molecular flexibility index (Phi) is 5.71. The van der Waals surface area contributed by atoms with Gasteiger partial charge in [0, 0.05) is 19.0 Å². The molecule has 0 saturated carbocycles. The van der Waals surface area contributed by atoms with E-state index in [0.29, 0.717) is 17.1 Å². The number of carbonyl (C=O) groups excluding carboxylic acids is 2. The Balaban J connectivity index is 1.46. The van der Waals surface area contributed by atoms with Crippen LogP contribution in [0.2, 0.25) is 0 Å². The normalized spacial score (nSPS) is 17.5. The number of carbonyl (C=O) groups is 2. The summed E-state index contributed by atoms with van der Waals surface area (Å²) in [5.41, 5.74) is 3.32. The lowest BCUT2D eigenvalue weighted by atomic mass is 9.79. The second-order valence-electron chi connectivity index (χ2n) is 7.99. The molecule has 0 saturated heterocycles. The molecule has 1 aliphatic heterocycles. The number of fused-ring (bicyclic) bond motifs is 1. The maximum absolute atomic E-state index is 13.6. The summed E-state index contributed by atoms with van der Waals surface area (Å²) in [6, 6.07) is 26.6. The van der Waals surface area contributed by atoms with Crippen LogP contribution in [0.5, 0.6) is 0 Å². The van der Waals surface area contributed by atoms with E-state index >= 15 is 0 Å². The number of nitrogens with one attached hydrogen (secondary N) is 1. The van der Waals surface area contributed by atoms with Crippen LogP contribution in [-0.4, -0.2) is 34.0 Å². The molecule has 2 heterocycles. The number of amides is 2. The number of anilines is 1. The molecule has 0 aliphatic carbocycles. The van der Waals surface area contributed by atoms with Gasteiger partial charge in [-0.2, -0.15) is 0 Å². The molecular weight excluding hydrogens is 432 g/mol. The molecule has 0 unspecified atom stereocenters. The van der Waals surface area contributed by atoms with Gasteiger partial charge in [0.15, 0.2) is 0 Å². The molecule has 0 spiro atoms. The minimum absolute atomic E-state index is 0.0930. The fourth-order valence-electron chi connectivity index (χ4n) is 4.35. The van der Waals surface area contributed by atoms with Crippen molar-refractivity contribution in [1.82, 2.24) is 15.1 Å². The summed E-state index contributed by atoms with van der Waals surface area (Å²) in [5.74, 6) is -0.879. The van der Waals surface area contributed by atoms with Crippen molar-refractivity contribution in [3.8, 4) is 0 Å². The van der Waals surface area contributed by atoms with Crippen LogP contribution < -0.4 is 5.32 Å². The van der Waals surface area contributed by atoms with E-state index in [1.165, 1.54) is 11.3 Å². The van der Waals surface area contributed by atoms with Crippen molar-refractivity contribution >= 4 is 28.3 Å². The first-order chi connectivity index (χ1) is 16.1. The third-order valence-corrected chi connectivity index (χ3v) is 6.74. The van der Waals surface area contributed by atoms with E-state index in [1.54, 1.807) is 18.0 Å². The van der Waals surface area contributed by atoms with Crippen LogP contribution in [0.4, 0.5) is 5.13 Å². The second kappa shape index (κ2) is 8.96. The van der Waals surface area contributed by atoms with E-state index in [9.17, 15) is 9.59 Å². The SMILES string of the molecule is CN1C(=O)c2ccccc2[C@H](C(=O)Nc2nnc(Cc3ccccc3)s2)[C@@H]1c1ccccc1. The van der Waals surface area contributed by atoms with Crippen molar-refractivity contribution in [2.45, 2.75) is 18.4 Å². The predicted octanol–water partition coefficient (Wildman–Crippen LogP) is 4.68. The van der Waals surface area contributed by atoms with Crippen LogP contribution in [0.3, 0.4) is 0 Å². The molecule has 2 atom stereocenters. The average Bonchev–Trinajstić information content (AvgIpc) is 3.28. The van der Waals surface area contributed by atoms with Gasteiger partial charge in [-0.25, -0.2) is 0 Å². The molecular formula is C26H22N4O2S. The van der Waals surface area contributed by atoms with E-state index in [1.807, 2.05) is 78.9 Å². The van der Waals surface area contributed by atoms with E-state index < -0.39 is 12.0 Å². The summed E-state index contributed by atoms with van der Waals surface area (Å²) in [4.78, 5) is 28.4. The van der Waals surface area contributed by atoms with Gasteiger partial charge in [-0.15, -0.1) is 10.2 Å². The largest absolute Gasteiger partial charge is 0.334 e. The van der Waals surface area contributed by atoms with Gasteiger partial charge < -0.3 is 4.90 Å². The van der Waals surface area contributed by atoms with Crippen molar-refractivity contribution in [1.29, 1.82) is 0 Å². The van der Waals surface area contributed by atoms with Gasteiger partial charge in [0.1, 0.15) is 5.01 Å². The maximum Gasteiger partial charge on any atom is 0.254 e. The van der Waals surface area contributed by atoms with Gasteiger partial charge in [0.2, 0.25) is 11.0 Å². The van der Waals surface area contributed by atoms with E-state index in [2.05, 4.69) is 15.5 Å². The Labute approximate surface area is 195 Å². The zero-order valence-electron chi connectivity index (χ0n) is 18.0. The molecule has 4 aromatic rings. The Hall–Kier alpha value is -3.84. The molecule has 1 aliphatic rings. The maximum atomic E-state index is 13.6. The third kappa shape index (κ3) is 4.15. The summed E-state index contributed by atoms with van der Waals surface area (Å²) < 4.78 is 0. The molecule has 33 heavy (non-hydrogen) atoms. The van der Waals surface area contributed by atoms with Crippen LogP contribution >= 0.6 is 11.3 Å². The third-order valence-electron chi connectivity index (χ3n) is 5.90. The minimum Gasteiger partial charge on any atom is -0.334 e. The summed E-state index contributed by atoms with van der Waals surface area (Å²) in [6.45, 7) is 0.